The lowest BCUT2D eigenvalue weighted by atomic mass is 9.61. The maximum Gasteiger partial charge on any atom is 0.235 e. The molecule has 4 atom stereocenters. The molecule has 1 fully saturated rings. The van der Waals surface area contributed by atoms with Crippen molar-refractivity contribution >= 4 is 29.0 Å². The Hall–Kier alpha value is -3.78. The molecule has 188 valence electrons. The van der Waals surface area contributed by atoms with Crippen molar-refractivity contribution in [2.45, 2.75) is 45.6 Å². The molecule has 0 spiro atoms. The summed E-state index contributed by atoms with van der Waals surface area (Å²) in [6.45, 7) is 7.00. The molecule has 0 radical (unpaired) electrons. The standard InChI is InChI=1S/C28H32N4O4/c1-16-10-6-8-12-20(16)29-26(34)24-22(33)14-28(4,36)25(23(24)19-15-32(5)31-18(19)3)27(35)30-21-13-9-7-11-17(21)2/h6-13,15,23-25,36H,14H2,1-5H3,(H,29,34)(H,30,35)/t23-,24+,25-,28+/m1/s1. The third-order valence-corrected chi connectivity index (χ3v) is 7.05. The lowest BCUT2D eigenvalue weighted by molar-refractivity contribution is -0.150. The van der Waals surface area contributed by atoms with Gasteiger partial charge in [0.05, 0.1) is 17.2 Å². The van der Waals surface area contributed by atoms with Crippen molar-refractivity contribution in [1.82, 2.24) is 9.78 Å². The number of hydrogen-bond acceptors (Lipinski definition) is 5. The number of aryl methyl sites for hydroxylation is 4. The fraction of sp³-hybridized carbons (Fsp3) is 0.357. The Morgan fingerprint density at radius 1 is 0.972 bits per heavy atom. The first-order chi connectivity index (χ1) is 17.0. The van der Waals surface area contributed by atoms with E-state index in [-0.39, 0.29) is 6.42 Å². The number of aliphatic hydroxyl groups is 1. The van der Waals surface area contributed by atoms with Crippen molar-refractivity contribution in [3.63, 3.8) is 0 Å². The van der Waals surface area contributed by atoms with Crippen molar-refractivity contribution in [2.75, 3.05) is 10.6 Å². The van der Waals surface area contributed by atoms with Gasteiger partial charge in [0, 0.05) is 37.0 Å². The van der Waals surface area contributed by atoms with Crippen molar-refractivity contribution in [1.29, 1.82) is 0 Å². The van der Waals surface area contributed by atoms with Gasteiger partial charge in [0.1, 0.15) is 11.7 Å². The van der Waals surface area contributed by atoms with Crippen LogP contribution < -0.4 is 10.6 Å². The van der Waals surface area contributed by atoms with Gasteiger partial charge in [0.15, 0.2) is 0 Å². The number of aromatic nitrogens is 2. The molecule has 0 aliphatic heterocycles. The molecule has 0 bridgehead atoms. The number of rotatable bonds is 5. The molecule has 8 nitrogen and oxygen atoms in total. The molecule has 8 heteroatoms. The maximum absolute atomic E-state index is 13.8. The molecule has 1 heterocycles. The zero-order valence-corrected chi connectivity index (χ0v) is 21.2. The number of hydrogen-bond donors (Lipinski definition) is 3. The molecule has 3 N–H and O–H groups in total. The first-order valence-corrected chi connectivity index (χ1v) is 12.0. The quantitative estimate of drug-likeness (QED) is 0.475. The van der Waals surface area contributed by atoms with E-state index in [0.29, 0.717) is 22.6 Å². The molecule has 1 aliphatic carbocycles. The Balaban J connectivity index is 1.80. The molecule has 1 aromatic heterocycles. The fourth-order valence-electron chi connectivity index (χ4n) is 5.26. The second kappa shape index (κ2) is 9.70. The van der Waals surface area contributed by atoms with Crippen LogP contribution in [0.15, 0.2) is 54.7 Å². The van der Waals surface area contributed by atoms with Crippen LogP contribution in [-0.4, -0.2) is 38.1 Å². The van der Waals surface area contributed by atoms with Gasteiger partial charge in [-0.05, 0) is 56.5 Å². The van der Waals surface area contributed by atoms with Gasteiger partial charge in [-0.2, -0.15) is 5.10 Å². The van der Waals surface area contributed by atoms with Gasteiger partial charge in [0.25, 0.3) is 0 Å². The van der Waals surface area contributed by atoms with Gasteiger partial charge < -0.3 is 15.7 Å². The summed E-state index contributed by atoms with van der Waals surface area (Å²) in [6, 6.07) is 14.6. The number of anilines is 2. The lowest BCUT2D eigenvalue weighted by Gasteiger charge is -2.44. The van der Waals surface area contributed by atoms with Crippen LogP contribution in [0, 0.1) is 32.6 Å². The van der Waals surface area contributed by atoms with Crippen LogP contribution in [-0.2, 0) is 21.4 Å². The highest BCUT2D eigenvalue weighted by Crippen LogP contribution is 2.47. The third kappa shape index (κ3) is 4.81. The molecule has 4 rings (SSSR count). The average molecular weight is 489 g/mol. The van der Waals surface area contributed by atoms with Gasteiger partial charge in [-0.15, -0.1) is 0 Å². The van der Waals surface area contributed by atoms with E-state index in [9.17, 15) is 19.5 Å². The summed E-state index contributed by atoms with van der Waals surface area (Å²) in [7, 11) is 1.74. The second-order valence-electron chi connectivity index (χ2n) is 9.93. The van der Waals surface area contributed by atoms with Crippen LogP contribution in [0.2, 0.25) is 0 Å². The third-order valence-electron chi connectivity index (χ3n) is 7.05. The van der Waals surface area contributed by atoms with Gasteiger partial charge in [-0.3, -0.25) is 19.1 Å². The summed E-state index contributed by atoms with van der Waals surface area (Å²) < 4.78 is 1.59. The summed E-state index contributed by atoms with van der Waals surface area (Å²) in [6.07, 6.45) is 1.40. The number of carbonyl (C=O) groups excluding carboxylic acids is 3. The molecule has 0 unspecified atom stereocenters. The zero-order valence-electron chi connectivity index (χ0n) is 21.2. The number of nitrogens with zero attached hydrogens (tertiary/aromatic N) is 2. The van der Waals surface area contributed by atoms with E-state index in [1.807, 2.05) is 44.2 Å². The number of carbonyl (C=O) groups is 3. The minimum absolute atomic E-state index is 0.319. The van der Waals surface area contributed by atoms with E-state index in [4.69, 9.17) is 0 Å². The van der Waals surface area contributed by atoms with Gasteiger partial charge in [-0.25, -0.2) is 0 Å². The Morgan fingerprint density at radius 2 is 1.50 bits per heavy atom. The fourth-order valence-corrected chi connectivity index (χ4v) is 5.26. The van der Waals surface area contributed by atoms with E-state index >= 15 is 0 Å². The lowest BCUT2D eigenvalue weighted by Crippen LogP contribution is -2.56. The number of Topliss-reactive ketones (excluding diaryl/α,β-unsaturated/α-hetero) is 1. The molecule has 0 saturated heterocycles. The Kier molecular flexibility index (Phi) is 6.82. The van der Waals surface area contributed by atoms with Crippen LogP contribution in [0.3, 0.4) is 0 Å². The summed E-state index contributed by atoms with van der Waals surface area (Å²) in [5.41, 5.74) is 2.42. The van der Waals surface area contributed by atoms with Gasteiger partial charge >= 0.3 is 0 Å². The Labute approximate surface area is 210 Å². The van der Waals surface area contributed by atoms with Crippen LogP contribution >= 0.6 is 0 Å². The first-order valence-electron chi connectivity index (χ1n) is 12.0. The van der Waals surface area contributed by atoms with E-state index in [0.717, 1.165) is 11.1 Å². The Morgan fingerprint density at radius 3 is 2.00 bits per heavy atom. The summed E-state index contributed by atoms with van der Waals surface area (Å²) >= 11 is 0. The summed E-state index contributed by atoms with van der Waals surface area (Å²) in [4.78, 5) is 40.9. The molecule has 2 aromatic carbocycles. The van der Waals surface area contributed by atoms with Gasteiger partial charge in [0.2, 0.25) is 11.8 Å². The van der Waals surface area contributed by atoms with Crippen LogP contribution in [0.4, 0.5) is 11.4 Å². The number of para-hydroxylation sites is 2. The topological polar surface area (TPSA) is 113 Å². The number of ketones is 1. The van der Waals surface area contributed by atoms with Crippen LogP contribution in [0.25, 0.3) is 0 Å². The van der Waals surface area contributed by atoms with Crippen molar-refractivity contribution < 1.29 is 19.5 Å². The SMILES string of the molecule is Cc1ccccc1NC(=O)[C@H]1C(=O)C[C@](C)(O)[C@@H](C(=O)Nc2ccccc2C)[C@@H]1c1cn(C)nc1C. The van der Waals surface area contributed by atoms with Crippen molar-refractivity contribution in [3.8, 4) is 0 Å². The molecule has 3 aromatic rings. The largest absolute Gasteiger partial charge is 0.389 e. The molecule has 36 heavy (non-hydrogen) atoms. The summed E-state index contributed by atoms with van der Waals surface area (Å²) in [5, 5.41) is 21.7. The number of benzene rings is 2. The average Bonchev–Trinajstić information content (AvgIpc) is 3.13. The van der Waals surface area contributed by atoms with Crippen LogP contribution in [0.1, 0.15) is 41.6 Å². The molecule has 1 saturated carbocycles. The first kappa shape index (κ1) is 25.3. The Bertz CT molecular complexity index is 1330. The summed E-state index contributed by atoms with van der Waals surface area (Å²) in [5.74, 6) is -4.55. The molecule has 2 amide bonds. The molecule has 1 aliphatic rings. The maximum atomic E-state index is 13.8. The number of nitrogens with one attached hydrogen (secondary N) is 2. The van der Waals surface area contributed by atoms with E-state index in [2.05, 4.69) is 15.7 Å². The van der Waals surface area contributed by atoms with Crippen molar-refractivity contribution in [2.24, 2.45) is 18.9 Å². The van der Waals surface area contributed by atoms with Crippen molar-refractivity contribution in [3.05, 3.63) is 77.1 Å². The monoisotopic (exact) mass is 488 g/mol. The predicted octanol–water partition coefficient (Wildman–Crippen LogP) is 3.66. The second-order valence-corrected chi connectivity index (χ2v) is 9.93. The smallest absolute Gasteiger partial charge is 0.235 e. The molecular weight excluding hydrogens is 456 g/mol. The highest BCUT2D eigenvalue weighted by molar-refractivity contribution is 6.10. The van der Waals surface area contributed by atoms with E-state index < -0.39 is 41.0 Å². The van der Waals surface area contributed by atoms with E-state index in [1.54, 1.807) is 43.0 Å². The normalized spacial score (nSPS) is 23.8. The predicted molar refractivity (Wildman–Crippen MR) is 138 cm³/mol. The minimum Gasteiger partial charge on any atom is -0.389 e. The highest BCUT2D eigenvalue weighted by Gasteiger charge is 2.56. The highest BCUT2D eigenvalue weighted by atomic mass is 16.3. The van der Waals surface area contributed by atoms with Gasteiger partial charge in [-0.1, -0.05) is 36.4 Å². The van der Waals surface area contributed by atoms with E-state index in [1.165, 1.54) is 6.92 Å². The minimum atomic E-state index is -1.67. The van der Waals surface area contributed by atoms with Crippen LogP contribution in [0.5, 0.6) is 0 Å². The molecular formula is C28H32N4O4. The zero-order chi connectivity index (χ0) is 26.2. The number of amides is 2.